The highest BCUT2D eigenvalue weighted by atomic mass is 32.2. The molecule has 0 saturated heterocycles. The summed E-state index contributed by atoms with van der Waals surface area (Å²) < 4.78 is 28.6. The van der Waals surface area contributed by atoms with Gasteiger partial charge in [0.15, 0.2) is 10.8 Å². The minimum Gasteiger partial charge on any atom is -0.320 e. The second-order valence-electron chi connectivity index (χ2n) is 6.24. The van der Waals surface area contributed by atoms with Crippen LogP contribution in [0.4, 0.5) is 10.8 Å². The number of benzene rings is 2. The van der Waals surface area contributed by atoms with Crippen LogP contribution in [0.15, 0.2) is 69.8 Å². The number of hydrogen-bond acceptors (Lipinski definition) is 7. The number of thiazole rings is 1. The Bertz CT molecular complexity index is 1400. The molecule has 11 heteroatoms. The molecule has 1 amide bonds. The van der Waals surface area contributed by atoms with E-state index < -0.39 is 21.4 Å². The third kappa shape index (κ3) is 3.80. The van der Waals surface area contributed by atoms with Gasteiger partial charge >= 0.3 is 0 Å². The van der Waals surface area contributed by atoms with Gasteiger partial charge in [-0.25, -0.2) is 13.4 Å². The molecule has 0 fully saturated rings. The molecule has 0 bridgehead atoms. The lowest BCUT2D eigenvalue weighted by Gasteiger charge is -2.09. The predicted octanol–water partition coefficient (Wildman–Crippen LogP) is 2.44. The van der Waals surface area contributed by atoms with Gasteiger partial charge in [0.1, 0.15) is 0 Å². The van der Waals surface area contributed by atoms with Crippen molar-refractivity contribution in [2.45, 2.75) is 4.90 Å². The lowest BCUT2D eigenvalue weighted by molar-refractivity contribution is 0.101. The van der Waals surface area contributed by atoms with E-state index in [9.17, 15) is 18.0 Å². The van der Waals surface area contributed by atoms with Crippen molar-refractivity contribution in [2.24, 2.45) is 7.05 Å². The lowest BCUT2D eigenvalue weighted by Crippen LogP contribution is -2.26. The number of para-hydroxylation sites is 1. The number of fused-ring (bicyclic) bond motifs is 1. The monoisotopic (exact) mass is 441 g/mol. The van der Waals surface area contributed by atoms with Crippen molar-refractivity contribution in [2.75, 3.05) is 10.0 Å². The van der Waals surface area contributed by atoms with Gasteiger partial charge in [-0.1, -0.05) is 12.1 Å². The van der Waals surface area contributed by atoms with Crippen LogP contribution in [0.1, 0.15) is 10.5 Å². The number of aromatic nitrogens is 3. The summed E-state index contributed by atoms with van der Waals surface area (Å²) in [7, 11) is -2.15. The summed E-state index contributed by atoms with van der Waals surface area (Å²) in [6.07, 6.45) is 1.49. The Hall–Kier alpha value is -3.57. The van der Waals surface area contributed by atoms with E-state index in [0.29, 0.717) is 16.6 Å². The maximum atomic E-state index is 12.6. The SMILES string of the molecule is Cn1nc(C(=O)Nc2ccc(S(=O)(=O)Nc3nccs3)cc2)c(=O)c2ccccc21. The van der Waals surface area contributed by atoms with Crippen LogP contribution in [0.5, 0.6) is 0 Å². The zero-order valence-electron chi connectivity index (χ0n) is 15.6. The van der Waals surface area contributed by atoms with Crippen molar-refractivity contribution in [3.8, 4) is 0 Å². The summed E-state index contributed by atoms with van der Waals surface area (Å²) in [5, 5.41) is 8.94. The standard InChI is InChI=1S/C19H15N5O4S2/c1-24-15-5-3-2-4-14(15)17(25)16(22-24)18(26)21-12-6-8-13(9-7-12)30(27,28)23-19-20-10-11-29-19/h2-11H,1H3,(H,20,23)(H,21,26). The summed E-state index contributed by atoms with van der Waals surface area (Å²) >= 11 is 1.16. The minimum absolute atomic E-state index is 0.00967. The second-order valence-corrected chi connectivity index (χ2v) is 8.82. The highest BCUT2D eigenvalue weighted by Crippen LogP contribution is 2.20. The van der Waals surface area contributed by atoms with Gasteiger partial charge in [-0.2, -0.15) is 5.10 Å². The number of carbonyl (C=O) groups excluding carboxylic acids is 1. The Morgan fingerprint density at radius 2 is 1.83 bits per heavy atom. The molecule has 0 aliphatic carbocycles. The molecule has 0 spiro atoms. The van der Waals surface area contributed by atoms with Gasteiger partial charge in [0.25, 0.3) is 15.9 Å². The lowest BCUT2D eigenvalue weighted by atomic mass is 10.2. The fraction of sp³-hybridized carbons (Fsp3) is 0.0526. The molecule has 9 nitrogen and oxygen atoms in total. The number of sulfonamides is 1. The largest absolute Gasteiger partial charge is 0.320 e. The van der Waals surface area contributed by atoms with E-state index in [2.05, 4.69) is 20.1 Å². The first kappa shape index (κ1) is 19.7. The number of rotatable bonds is 5. The zero-order valence-corrected chi connectivity index (χ0v) is 17.2. The molecule has 4 aromatic rings. The van der Waals surface area contributed by atoms with Crippen molar-refractivity contribution in [3.05, 3.63) is 76.0 Å². The van der Waals surface area contributed by atoms with Crippen molar-refractivity contribution in [1.29, 1.82) is 0 Å². The molecular formula is C19H15N5O4S2. The van der Waals surface area contributed by atoms with Crippen LogP contribution >= 0.6 is 11.3 Å². The maximum Gasteiger partial charge on any atom is 0.280 e. The molecule has 2 aromatic heterocycles. The van der Waals surface area contributed by atoms with E-state index >= 15 is 0 Å². The molecule has 0 aliphatic rings. The van der Waals surface area contributed by atoms with E-state index in [1.807, 2.05) is 0 Å². The molecule has 2 N–H and O–H groups in total. The molecule has 0 radical (unpaired) electrons. The number of carbonyl (C=O) groups is 1. The molecule has 4 rings (SSSR count). The molecule has 0 atom stereocenters. The Morgan fingerprint density at radius 1 is 1.10 bits per heavy atom. The van der Waals surface area contributed by atoms with Crippen molar-refractivity contribution in [1.82, 2.24) is 14.8 Å². The summed E-state index contributed by atoms with van der Waals surface area (Å²) in [6, 6.07) is 12.4. The van der Waals surface area contributed by atoms with E-state index in [0.717, 1.165) is 11.3 Å². The van der Waals surface area contributed by atoms with E-state index in [1.165, 1.54) is 35.1 Å². The second kappa shape index (κ2) is 7.69. The number of nitrogens with one attached hydrogen (secondary N) is 2. The van der Waals surface area contributed by atoms with Crippen LogP contribution in [0, 0.1) is 0 Å². The molecular weight excluding hydrogens is 426 g/mol. The van der Waals surface area contributed by atoms with Crippen molar-refractivity contribution in [3.63, 3.8) is 0 Å². The van der Waals surface area contributed by atoms with Crippen LogP contribution < -0.4 is 15.5 Å². The van der Waals surface area contributed by atoms with Gasteiger partial charge < -0.3 is 5.32 Å². The average Bonchev–Trinajstić information content (AvgIpc) is 3.23. The Labute approximate surface area is 175 Å². The third-order valence-corrected chi connectivity index (χ3v) is 6.43. The summed E-state index contributed by atoms with van der Waals surface area (Å²) in [5.41, 5.74) is 0.206. The number of aryl methyl sites for hydroxylation is 1. The zero-order chi connectivity index (χ0) is 21.3. The summed E-state index contributed by atoms with van der Waals surface area (Å²) in [6.45, 7) is 0. The summed E-state index contributed by atoms with van der Waals surface area (Å²) in [4.78, 5) is 29.1. The van der Waals surface area contributed by atoms with E-state index in [-0.39, 0.29) is 15.7 Å². The van der Waals surface area contributed by atoms with Gasteiger partial charge in [-0.05, 0) is 36.4 Å². The van der Waals surface area contributed by atoms with Crippen LogP contribution in [0.3, 0.4) is 0 Å². The van der Waals surface area contributed by atoms with E-state index in [4.69, 9.17) is 0 Å². The fourth-order valence-electron chi connectivity index (χ4n) is 2.83. The van der Waals surface area contributed by atoms with Crippen molar-refractivity contribution < 1.29 is 13.2 Å². The highest BCUT2D eigenvalue weighted by Gasteiger charge is 2.18. The molecule has 2 aromatic carbocycles. The molecule has 0 unspecified atom stereocenters. The Kier molecular flexibility index (Phi) is 5.06. The normalized spacial score (nSPS) is 11.4. The number of anilines is 2. The fourth-order valence-corrected chi connectivity index (χ4v) is 4.62. The first-order valence-corrected chi connectivity index (χ1v) is 11.0. The molecule has 0 saturated carbocycles. The quantitative estimate of drug-likeness (QED) is 0.490. The van der Waals surface area contributed by atoms with Crippen LogP contribution in [0.25, 0.3) is 10.9 Å². The highest BCUT2D eigenvalue weighted by molar-refractivity contribution is 7.93. The molecule has 152 valence electrons. The maximum absolute atomic E-state index is 12.6. The number of amides is 1. The first-order valence-electron chi connectivity index (χ1n) is 8.65. The van der Waals surface area contributed by atoms with Gasteiger partial charge in [0.05, 0.1) is 10.4 Å². The topological polar surface area (TPSA) is 123 Å². The Balaban J connectivity index is 1.57. The van der Waals surface area contributed by atoms with Crippen LogP contribution in [-0.4, -0.2) is 29.1 Å². The molecule has 0 aliphatic heterocycles. The molecule has 30 heavy (non-hydrogen) atoms. The summed E-state index contributed by atoms with van der Waals surface area (Å²) in [5.74, 6) is -0.683. The predicted molar refractivity (Wildman–Crippen MR) is 114 cm³/mol. The van der Waals surface area contributed by atoms with Crippen molar-refractivity contribution >= 4 is 49.0 Å². The van der Waals surface area contributed by atoms with Gasteiger partial charge in [0.2, 0.25) is 5.43 Å². The molecule has 2 heterocycles. The average molecular weight is 441 g/mol. The number of hydrogen-bond donors (Lipinski definition) is 2. The van der Waals surface area contributed by atoms with Crippen LogP contribution in [0.2, 0.25) is 0 Å². The first-order chi connectivity index (χ1) is 14.3. The van der Waals surface area contributed by atoms with Gasteiger partial charge in [-0.3, -0.25) is 19.0 Å². The van der Waals surface area contributed by atoms with Crippen LogP contribution in [-0.2, 0) is 17.1 Å². The van der Waals surface area contributed by atoms with E-state index in [1.54, 1.807) is 36.7 Å². The van der Waals surface area contributed by atoms with Gasteiger partial charge in [-0.15, -0.1) is 11.3 Å². The smallest absolute Gasteiger partial charge is 0.280 e. The Morgan fingerprint density at radius 3 is 2.53 bits per heavy atom. The minimum atomic E-state index is -3.80. The third-order valence-electron chi connectivity index (χ3n) is 4.25. The van der Waals surface area contributed by atoms with Gasteiger partial charge in [0, 0.05) is 29.7 Å². The number of nitrogens with zero attached hydrogens (tertiary/aromatic N) is 3.